The molecule has 0 fully saturated rings. The van der Waals surface area contributed by atoms with Gasteiger partial charge >= 0.3 is 0 Å². The van der Waals surface area contributed by atoms with Crippen LogP contribution in [-0.4, -0.2) is 27.6 Å². The summed E-state index contributed by atoms with van der Waals surface area (Å²) in [6.07, 6.45) is 0. The lowest BCUT2D eigenvalue weighted by Crippen LogP contribution is -2.50. The second-order valence-corrected chi connectivity index (χ2v) is 7.60. The Labute approximate surface area is 156 Å². The van der Waals surface area contributed by atoms with Crippen molar-refractivity contribution in [2.75, 3.05) is 7.05 Å². The number of aromatic nitrogens is 2. The van der Waals surface area contributed by atoms with E-state index in [2.05, 4.69) is 5.10 Å². The molecule has 6 heteroatoms. The van der Waals surface area contributed by atoms with Crippen LogP contribution >= 0.6 is 11.3 Å². The molecule has 0 unspecified atom stereocenters. The molecular formula is C20H21N3O2S. The second kappa shape index (κ2) is 7.25. The van der Waals surface area contributed by atoms with E-state index < -0.39 is 5.54 Å². The summed E-state index contributed by atoms with van der Waals surface area (Å²) in [4.78, 5) is 28.0. The summed E-state index contributed by atoms with van der Waals surface area (Å²) in [6.45, 7) is 3.93. The van der Waals surface area contributed by atoms with Gasteiger partial charge < -0.3 is 4.90 Å². The van der Waals surface area contributed by atoms with Crippen molar-refractivity contribution in [2.45, 2.75) is 25.9 Å². The number of carbonyl (C=O) groups excluding carboxylic acids is 1. The van der Waals surface area contributed by atoms with E-state index in [9.17, 15) is 9.59 Å². The van der Waals surface area contributed by atoms with Crippen LogP contribution in [0.2, 0.25) is 0 Å². The fraction of sp³-hybridized carbons (Fsp3) is 0.250. The van der Waals surface area contributed by atoms with E-state index in [4.69, 9.17) is 0 Å². The van der Waals surface area contributed by atoms with E-state index in [0.29, 0.717) is 12.2 Å². The lowest BCUT2D eigenvalue weighted by Gasteiger charge is -2.30. The molecule has 0 aliphatic carbocycles. The Morgan fingerprint density at radius 3 is 2.50 bits per heavy atom. The van der Waals surface area contributed by atoms with Gasteiger partial charge in [0.1, 0.15) is 11.2 Å². The predicted molar refractivity (Wildman–Crippen MR) is 104 cm³/mol. The minimum Gasteiger partial charge on any atom is -0.339 e. The van der Waals surface area contributed by atoms with Crippen LogP contribution in [0, 0.1) is 0 Å². The summed E-state index contributed by atoms with van der Waals surface area (Å²) in [6, 6.07) is 16.8. The molecule has 1 amide bonds. The SMILES string of the molecule is CN(Cc1ccccc1)C(=O)C(C)(C)n1nc(-c2cccs2)ccc1=O. The van der Waals surface area contributed by atoms with Crippen LogP contribution < -0.4 is 5.56 Å². The quantitative estimate of drug-likeness (QED) is 0.695. The molecule has 0 bridgehead atoms. The van der Waals surface area contributed by atoms with Gasteiger partial charge in [0.25, 0.3) is 5.56 Å². The number of hydrogen-bond donors (Lipinski definition) is 0. The highest BCUT2D eigenvalue weighted by Crippen LogP contribution is 2.23. The fourth-order valence-corrected chi connectivity index (χ4v) is 3.54. The standard InChI is InChI=1S/C20H21N3O2S/c1-20(2,19(25)22(3)14-15-8-5-4-6-9-15)23-18(24)12-11-16(21-23)17-10-7-13-26-17/h4-13H,14H2,1-3H3. The largest absolute Gasteiger partial charge is 0.339 e. The third kappa shape index (κ3) is 3.60. The van der Waals surface area contributed by atoms with Gasteiger partial charge in [-0.15, -0.1) is 11.3 Å². The second-order valence-electron chi connectivity index (χ2n) is 6.65. The number of nitrogens with zero attached hydrogens (tertiary/aromatic N) is 3. The van der Waals surface area contributed by atoms with Crippen LogP contribution in [0.25, 0.3) is 10.6 Å². The number of hydrogen-bond acceptors (Lipinski definition) is 4. The number of amides is 1. The number of likely N-dealkylation sites (N-methyl/N-ethyl adjacent to an activating group) is 1. The Morgan fingerprint density at radius 1 is 1.12 bits per heavy atom. The Balaban J connectivity index is 1.90. The number of benzene rings is 1. The molecule has 2 heterocycles. The van der Waals surface area contributed by atoms with Crippen molar-refractivity contribution in [3.8, 4) is 10.6 Å². The molecule has 0 saturated heterocycles. The van der Waals surface area contributed by atoms with E-state index in [1.807, 2.05) is 47.8 Å². The van der Waals surface area contributed by atoms with Crippen LogP contribution in [0.4, 0.5) is 0 Å². The summed E-state index contributed by atoms with van der Waals surface area (Å²) in [5.41, 5.74) is 0.336. The fourth-order valence-electron chi connectivity index (χ4n) is 2.85. The first-order valence-electron chi connectivity index (χ1n) is 8.34. The van der Waals surface area contributed by atoms with Gasteiger partial charge in [0.2, 0.25) is 5.91 Å². The summed E-state index contributed by atoms with van der Waals surface area (Å²) in [5.74, 6) is -0.167. The molecule has 0 spiro atoms. The molecule has 3 rings (SSSR count). The van der Waals surface area contributed by atoms with Crippen LogP contribution in [0.15, 0.2) is 64.8 Å². The van der Waals surface area contributed by atoms with Gasteiger partial charge in [-0.3, -0.25) is 9.59 Å². The average molecular weight is 367 g/mol. The van der Waals surface area contributed by atoms with Crippen molar-refractivity contribution < 1.29 is 4.79 Å². The highest BCUT2D eigenvalue weighted by Gasteiger charge is 2.34. The highest BCUT2D eigenvalue weighted by molar-refractivity contribution is 7.13. The maximum Gasteiger partial charge on any atom is 0.267 e. The van der Waals surface area contributed by atoms with Gasteiger partial charge in [-0.2, -0.15) is 5.10 Å². The minimum atomic E-state index is -1.09. The topological polar surface area (TPSA) is 55.2 Å². The number of thiophene rings is 1. The summed E-state index contributed by atoms with van der Waals surface area (Å²) in [7, 11) is 1.74. The van der Waals surface area contributed by atoms with E-state index in [1.165, 1.54) is 10.7 Å². The van der Waals surface area contributed by atoms with Crippen LogP contribution in [0.5, 0.6) is 0 Å². The minimum absolute atomic E-state index is 0.167. The molecule has 0 saturated carbocycles. The van der Waals surface area contributed by atoms with Crippen molar-refractivity contribution in [1.82, 2.24) is 14.7 Å². The molecule has 26 heavy (non-hydrogen) atoms. The zero-order chi connectivity index (χ0) is 18.7. The van der Waals surface area contributed by atoms with E-state index in [1.54, 1.807) is 43.2 Å². The summed E-state index contributed by atoms with van der Waals surface area (Å²) >= 11 is 1.54. The van der Waals surface area contributed by atoms with Gasteiger partial charge in [0.15, 0.2) is 0 Å². The molecule has 3 aromatic rings. The predicted octanol–water partition coefficient (Wildman–Crippen LogP) is 3.37. The molecule has 134 valence electrons. The maximum absolute atomic E-state index is 13.0. The highest BCUT2D eigenvalue weighted by atomic mass is 32.1. The van der Waals surface area contributed by atoms with E-state index in [0.717, 1.165) is 10.4 Å². The van der Waals surface area contributed by atoms with Crippen molar-refractivity contribution in [1.29, 1.82) is 0 Å². The smallest absolute Gasteiger partial charge is 0.267 e. The van der Waals surface area contributed by atoms with Crippen molar-refractivity contribution in [2.24, 2.45) is 0 Å². The van der Waals surface area contributed by atoms with Gasteiger partial charge in [-0.1, -0.05) is 36.4 Å². The Morgan fingerprint density at radius 2 is 1.85 bits per heavy atom. The summed E-state index contributed by atoms with van der Waals surface area (Å²) < 4.78 is 1.28. The monoisotopic (exact) mass is 367 g/mol. The normalized spacial score (nSPS) is 11.3. The molecule has 0 radical (unpaired) electrons. The number of carbonyl (C=O) groups is 1. The van der Waals surface area contributed by atoms with Crippen LogP contribution in [0.1, 0.15) is 19.4 Å². The molecule has 5 nitrogen and oxygen atoms in total. The Bertz CT molecular complexity index is 947. The molecule has 2 aromatic heterocycles. The molecule has 0 aliphatic rings. The van der Waals surface area contributed by atoms with Crippen LogP contribution in [0.3, 0.4) is 0 Å². The van der Waals surface area contributed by atoms with E-state index in [-0.39, 0.29) is 11.5 Å². The van der Waals surface area contributed by atoms with Crippen molar-refractivity contribution in [3.63, 3.8) is 0 Å². The first-order chi connectivity index (χ1) is 12.4. The molecular weight excluding hydrogens is 346 g/mol. The first kappa shape index (κ1) is 18.1. The number of rotatable bonds is 5. The lowest BCUT2D eigenvalue weighted by molar-refractivity contribution is -0.139. The van der Waals surface area contributed by atoms with Crippen molar-refractivity contribution in [3.05, 3.63) is 75.9 Å². The molecule has 0 atom stereocenters. The summed E-state index contributed by atoms with van der Waals surface area (Å²) in [5, 5.41) is 6.42. The Hall–Kier alpha value is -2.73. The molecule has 1 aromatic carbocycles. The maximum atomic E-state index is 13.0. The van der Waals surface area contributed by atoms with E-state index >= 15 is 0 Å². The molecule has 0 N–H and O–H groups in total. The lowest BCUT2D eigenvalue weighted by atomic mass is 10.0. The zero-order valence-electron chi connectivity index (χ0n) is 15.0. The average Bonchev–Trinajstić information content (AvgIpc) is 3.16. The van der Waals surface area contributed by atoms with Gasteiger partial charge in [0, 0.05) is 19.7 Å². The van der Waals surface area contributed by atoms with Gasteiger partial charge in [-0.25, -0.2) is 4.68 Å². The van der Waals surface area contributed by atoms with Crippen molar-refractivity contribution >= 4 is 17.2 Å². The first-order valence-corrected chi connectivity index (χ1v) is 9.22. The van der Waals surface area contributed by atoms with Crippen LogP contribution in [-0.2, 0) is 16.9 Å². The van der Waals surface area contributed by atoms with Gasteiger partial charge in [-0.05, 0) is 36.9 Å². The zero-order valence-corrected chi connectivity index (χ0v) is 15.9. The third-order valence-corrected chi connectivity index (χ3v) is 5.13. The molecule has 0 aliphatic heterocycles. The Kier molecular flexibility index (Phi) is 5.04. The third-order valence-electron chi connectivity index (χ3n) is 4.24. The van der Waals surface area contributed by atoms with Gasteiger partial charge in [0.05, 0.1) is 4.88 Å².